The zero-order valence-electron chi connectivity index (χ0n) is 10.0. The van der Waals surface area contributed by atoms with Crippen molar-refractivity contribution in [3.63, 3.8) is 0 Å². The molecule has 1 aliphatic heterocycles. The molecule has 0 bridgehead atoms. The second kappa shape index (κ2) is 5.71. The van der Waals surface area contributed by atoms with Gasteiger partial charge in [-0.05, 0) is 6.92 Å². The molecule has 2 heterocycles. The number of carbonyl (C=O) groups excluding carboxylic acids is 2. The zero-order valence-corrected chi connectivity index (χ0v) is 10.9. The van der Waals surface area contributed by atoms with Crippen LogP contribution in [0.15, 0.2) is 9.64 Å². The first-order valence-corrected chi connectivity index (χ1v) is 6.52. The molecule has 19 heavy (non-hydrogen) atoms. The van der Waals surface area contributed by atoms with Gasteiger partial charge >= 0.3 is 6.03 Å². The Kier molecular flexibility index (Phi) is 4.01. The fraction of sp³-hybridized carbons (Fsp3) is 0.500. The normalized spacial score (nSPS) is 22.5. The number of thioether (sulfide) groups is 1. The van der Waals surface area contributed by atoms with Crippen LogP contribution in [0, 0.1) is 17.2 Å². The van der Waals surface area contributed by atoms with Gasteiger partial charge in [-0.3, -0.25) is 10.1 Å². The topological polar surface area (TPSA) is 121 Å². The van der Waals surface area contributed by atoms with Crippen LogP contribution in [0.3, 0.4) is 0 Å². The van der Waals surface area contributed by atoms with Gasteiger partial charge in [0, 0.05) is 12.5 Å². The SMILES string of the molecule is CC1NC(=O)NC(=O)C1Cc1nnc(SCC#N)o1. The van der Waals surface area contributed by atoms with Crippen molar-refractivity contribution in [2.75, 3.05) is 5.75 Å². The third-order valence-corrected chi connectivity index (χ3v) is 3.32. The van der Waals surface area contributed by atoms with Crippen LogP contribution < -0.4 is 10.6 Å². The fourth-order valence-electron chi connectivity index (χ4n) is 1.71. The number of carbonyl (C=O) groups is 2. The van der Waals surface area contributed by atoms with Crippen LogP contribution in [0.25, 0.3) is 0 Å². The second-order valence-electron chi connectivity index (χ2n) is 3.97. The number of urea groups is 1. The number of amides is 3. The summed E-state index contributed by atoms with van der Waals surface area (Å²) in [6, 6.07) is 1.15. The lowest BCUT2D eigenvalue weighted by Gasteiger charge is -2.27. The molecule has 2 atom stereocenters. The minimum Gasteiger partial charge on any atom is -0.416 e. The summed E-state index contributed by atoms with van der Waals surface area (Å²) >= 11 is 1.13. The maximum Gasteiger partial charge on any atom is 0.321 e. The highest BCUT2D eigenvalue weighted by molar-refractivity contribution is 7.99. The van der Waals surface area contributed by atoms with Crippen molar-refractivity contribution in [2.45, 2.75) is 24.6 Å². The molecule has 0 aliphatic carbocycles. The molecule has 0 spiro atoms. The third-order valence-electron chi connectivity index (χ3n) is 2.64. The Balaban J connectivity index is 2.00. The van der Waals surface area contributed by atoms with Crippen molar-refractivity contribution in [3.05, 3.63) is 5.89 Å². The van der Waals surface area contributed by atoms with E-state index in [9.17, 15) is 9.59 Å². The Morgan fingerprint density at radius 3 is 2.95 bits per heavy atom. The summed E-state index contributed by atoms with van der Waals surface area (Å²) < 4.78 is 5.31. The Bertz CT molecular complexity index is 538. The van der Waals surface area contributed by atoms with Crippen molar-refractivity contribution in [3.8, 4) is 6.07 Å². The van der Waals surface area contributed by atoms with Crippen LogP contribution in [-0.4, -0.2) is 33.9 Å². The van der Waals surface area contributed by atoms with Gasteiger partial charge in [-0.15, -0.1) is 10.2 Å². The number of nitrogens with zero attached hydrogens (tertiary/aromatic N) is 3. The maximum absolute atomic E-state index is 11.7. The monoisotopic (exact) mass is 281 g/mol. The molecule has 3 amide bonds. The predicted molar refractivity (Wildman–Crippen MR) is 64.0 cm³/mol. The first kappa shape index (κ1) is 13.4. The van der Waals surface area contributed by atoms with Crippen LogP contribution in [0.1, 0.15) is 12.8 Å². The van der Waals surface area contributed by atoms with E-state index in [0.29, 0.717) is 11.1 Å². The lowest BCUT2D eigenvalue weighted by Crippen LogP contribution is -2.57. The number of rotatable bonds is 4. The van der Waals surface area contributed by atoms with Crippen LogP contribution in [0.4, 0.5) is 4.79 Å². The molecule has 2 rings (SSSR count). The summed E-state index contributed by atoms with van der Waals surface area (Å²) in [7, 11) is 0. The van der Waals surface area contributed by atoms with Crippen molar-refractivity contribution in [1.82, 2.24) is 20.8 Å². The summed E-state index contributed by atoms with van der Waals surface area (Å²) in [6.45, 7) is 1.74. The molecule has 1 aromatic rings. The summed E-state index contributed by atoms with van der Waals surface area (Å²) in [6.07, 6.45) is 0.243. The summed E-state index contributed by atoms with van der Waals surface area (Å²) in [5.41, 5.74) is 0. The highest BCUT2D eigenvalue weighted by Crippen LogP contribution is 2.19. The van der Waals surface area contributed by atoms with Crippen molar-refractivity contribution in [2.24, 2.45) is 5.92 Å². The van der Waals surface area contributed by atoms with E-state index < -0.39 is 11.9 Å². The third kappa shape index (κ3) is 3.23. The van der Waals surface area contributed by atoms with E-state index in [4.69, 9.17) is 9.68 Å². The van der Waals surface area contributed by atoms with Crippen molar-refractivity contribution in [1.29, 1.82) is 5.26 Å². The Morgan fingerprint density at radius 2 is 2.26 bits per heavy atom. The van der Waals surface area contributed by atoms with Gasteiger partial charge < -0.3 is 9.73 Å². The van der Waals surface area contributed by atoms with Gasteiger partial charge in [-0.2, -0.15) is 5.26 Å². The lowest BCUT2D eigenvalue weighted by molar-refractivity contribution is -0.125. The first-order valence-electron chi connectivity index (χ1n) is 5.53. The molecule has 9 heteroatoms. The lowest BCUT2D eigenvalue weighted by atomic mass is 9.95. The number of imide groups is 1. The van der Waals surface area contributed by atoms with E-state index >= 15 is 0 Å². The minimum absolute atomic E-state index is 0.220. The molecule has 1 saturated heterocycles. The van der Waals surface area contributed by atoms with Gasteiger partial charge in [0.15, 0.2) is 0 Å². The van der Waals surface area contributed by atoms with Crippen LogP contribution >= 0.6 is 11.8 Å². The Hall–Kier alpha value is -2.08. The Labute approximate surface area is 112 Å². The molecular weight excluding hydrogens is 270 g/mol. The zero-order chi connectivity index (χ0) is 13.8. The van der Waals surface area contributed by atoms with Crippen molar-refractivity contribution >= 4 is 23.7 Å². The van der Waals surface area contributed by atoms with Crippen LogP contribution in [-0.2, 0) is 11.2 Å². The van der Waals surface area contributed by atoms with E-state index in [1.165, 1.54) is 0 Å². The van der Waals surface area contributed by atoms with Gasteiger partial charge in [0.05, 0.1) is 17.7 Å². The second-order valence-corrected chi connectivity index (χ2v) is 4.90. The first-order chi connectivity index (χ1) is 9.10. The molecule has 1 fully saturated rings. The average molecular weight is 281 g/mol. The molecule has 2 N–H and O–H groups in total. The minimum atomic E-state index is -0.496. The highest BCUT2D eigenvalue weighted by Gasteiger charge is 2.33. The van der Waals surface area contributed by atoms with Crippen LogP contribution in [0.2, 0.25) is 0 Å². The van der Waals surface area contributed by atoms with Crippen molar-refractivity contribution < 1.29 is 14.0 Å². The molecule has 2 unspecified atom stereocenters. The van der Waals surface area contributed by atoms with Gasteiger partial charge in [-0.1, -0.05) is 11.8 Å². The number of hydrogen-bond acceptors (Lipinski definition) is 7. The molecular formula is C10H11N5O3S. The smallest absolute Gasteiger partial charge is 0.321 e. The standard InChI is InChI=1S/C10H11N5O3S/c1-5-6(8(16)13-9(17)12-5)4-7-14-15-10(18-7)19-3-2-11/h5-6H,3-4H2,1H3,(H2,12,13,16,17). The molecule has 0 saturated carbocycles. The average Bonchev–Trinajstić information content (AvgIpc) is 2.79. The van der Waals surface area contributed by atoms with E-state index in [1.54, 1.807) is 6.92 Å². The van der Waals surface area contributed by atoms with Gasteiger partial charge in [0.2, 0.25) is 11.8 Å². The number of aromatic nitrogens is 2. The van der Waals surface area contributed by atoms with E-state index in [0.717, 1.165) is 11.8 Å². The molecule has 0 radical (unpaired) electrons. The Morgan fingerprint density at radius 1 is 1.47 bits per heavy atom. The number of nitrogens with one attached hydrogen (secondary N) is 2. The summed E-state index contributed by atoms with van der Waals surface area (Å²) in [5, 5.41) is 21.1. The number of hydrogen-bond donors (Lipinski definition) is 2. The summed E-state index contributed by atoms with van der Waals surface area (Å²) in [4.78, 5) is 22.8. The molecule has 1 aliphatic rings. The largest absolute Gasteiger partial charge is 0.416 e. The molecule has 0 aromatic carbocycles. The molecule has 1 aromatic heterocycles. The predicted octanol–water partition coefficient (Wildman–Crippen LogP) is 0.0719. The highest BCUT2D eigenvalue weighted by atomic mass is 32.2. The summed E-state index contributed by atoms with van der Waals surface area (Å²) in [5.74, 6) is -0.283. The molecule has 100 valence electrons. The van der Waals surface area contributed by atoms with Gasteiger partial charge in [0.1, 0.15) is 0 Å². The maximum atomic E-state index is 11.7. The van der Waals surface area contributed by atoms with Gasteiger partial charge in [0.25, 0.3) is 5.22 Å². The van der Waals surface area contributed by atoms with Crippen LogP contribution in [0.5, 0.6) is 0 Å². The quantitative estimate of drug-likeness (QED) is 0.749. The number of nitriles is 1. The fourth-order valence-corrected chi connectivity index (χ4v) is 2.15. The van der Waals surface area contributed by atoms with E-state index in [-0.39, 0.29) is 24.1 Å². The molecule has 8 nitrogen and oxygen atoms in total. The van der Waals surface area contributed by atoms with E-state index in [2.05, 4.69) is 20.8 Å². The van der Waals surface area contributed by atoms with Gasteiger partial charge in [-0.25, -0.2) is 4.79 Å². The van der Waals surface area contributed by atoms with E-state index in [1.807, 2.05) is 6.07 Å².